The van der Waals surface area contributed by atoms with Gasteiger partial charge in [-0.1, -0.05) is 20.8 Å². The summed E-state index contributed by atoms with van der Waals surface area (Å²) in [6.07, 6.45) is 2.26. The van der Waals surface area contributed by atoms with E-state index in [4.69, 9.17) is 10.2 Å². The van der Waals surface area contributed by atoms with Crippen molar-refractivity contribution in [3.8, 4) is 0 Å². The fourth-order valence-corrected chi connectivity index (χ4v) is 3.35. The molecule has 2 heterocycles. The second-order valence-electron chi connectivity index (χ2n) is 6.16. The molecule has 1 aromatic rings. The fraction of sp³-hybridized carbons (Fsp3) is 0.750. The lowest BCUT2D eigenvalue weighted by atomic mass is 9.84. The van der Waals surface area contributed by atoms with Gasteiger partial charge in [0.15, 0.2) is 0 Å². The van der Waals surface area contributed by atoms with Crippen LogP contribution in [0, 0.1) is 11.8 Å². The van der Waals surface area contributed by atoms with E-state index < -0.39 is 0 Å². The summed E-state index contributed by atoms with van der Waals surface area (Å²) in [5, 5.41) is 0. The second kappa shape index (κ2) is 6.10. The summed E-state index contributed by atoms with van der Waals surface area (Å²) in [6, 6.07) is 4.98. The average molecular weight is 264 g/mol. The molecule has 108 valence electrons. The number of nitrogens with zero attached hydrogens (tertiary/aromatic N) is 1. The normalized spacial score (nSPS) is 30.5. The summed E-state index contributed by atoms with van der Waals surface area (Å²) in [5.41, 5.74) is 6.04. The second-order valence-corrected chi connectivity index (χ2v) is 6.16. The standard InChI is InChI=1S/C16H28N2O/c1-5-14-6-7-16(19-14)15(9-17)18-10-11(2)8-12(3)13(18)4/h6-7,11-13,15H,5,8-10,17H2,1-4H3. The minimum absolute atomic E-state index is 0.223. The first-order valence-corrected chi connectivity index (χ1v) is 7.61. The molecule has 0 aliphatic carbocycles. The molecule has 0 aromatic carbocycles. The van der Waals surface area contributed by atoms with E-state index >= 15 is 0 Å². The molecule has 1 aliphatic rings. The van der Waals surface area contributed by atoms with Crippen LogP contribution in [0.5, 0.6) is 0 Å². The molecular formula is C16H28N2O. The first-order chi connectivity index (χ1) is 9.06. The van der Waals surface area contributed by atoms with Crippen LogP contribution < -0.4 is 5.73 Å². The Kier molecular flexibility index (Phi) is 4.69. The van der Waals surface area contributed by atoms with Crippen molar-refractivity contribution in [2.24, 2.45) is 17.6 Å². The third-order valence-corrected chi connectivity index (χ3v) is 4.63. The largest absolute Gasteiger partial charge is 0.464 e. The summed E-state index contributed by atoms with van der Waals surface area (Å²) in [5.74, 6) is 3.55. The number of piperidine rings is 1. The topological polar surface area (TPSA) is 42.4 Å². The minimum atomic E-state index is 0.223. The zero-order valence-electron chi connectivity index (χ0n) is 12.7. The van der Waals surface area contributed by atoms with Crippen LogP contribution in [0.3, 0.4) is 0 Å². The van der Waals surface area contributed by atoms with Crippen LogP contribution in [0.4, 0.5) is 0 Å². The van der Waals surface area contributed by atoms with Gasteiger partial charge in [-0.3, -0.25) is 4.90 Å². The molecule has 0 spiro atoms. The van der Waals surface area contributed by atoms with Crippen LogP contribution in [0.15, 0.2) is 16.5 Å². The molecule has 2 N–H and O–H groups in total. The van der Waals surface area contributed by atoms with E-state index in [2.05, 4.69) is 44.7 Å². The molecule has 4 atom stereocenters. The van der Waals surface area contributed by atoms with Crippen LogP contribution in [-0.4, -0.2) is 24.0 Å². The number of nitrogens with two attached hydrogens (primary N) is 1. The SMILES string of the molecule is CCc1ccc(C(CN)N2CC(C)CC(C)C2C)o1. The summed E-state index contributed by atoms with van der Waals surface area (Å²) < 4.78 is 5.94. The van der Waals surface area contributed by atoms with Gasteiger partial charge >= 0.3 is 0 Å². The number of aryl methyl sites for hydroxylation is 1. The van der Waals surface area contributed by atoms with Crippen molar-refractivity contribution in [2.75, 3.05) is 13.1 Å². The summed E-state index contributed by atoms with van der Waals surface area (Å²) in [6.45, 7) is 10.9. The Bertz CT molecular complexity index is 401. The van der Waals surface area contributed by atoms with Crippen molar-refractivity contribution in [1.29, 1.82) is 0 Å². The highest BCUT2D eigenvalue weighted by Gasteiger charge is 2.34. The van der Waals surface area contributed by atoms with Gasteiger partial charge < -0.3 is 10.2 Å². The molecule has 0 amide bonds. The van der Waals surface area contributed by atoms with Crippen molar-refractivity contribution < 1.29 is 4.42 Å². The lowest BCUT2D eigenvalue weighted by Crippen LogP contribution is -2.49. The van der Waals surface area contributed by atoms with Gasteiger partial charge in [0.2, 0.25) is 0 Å². The molecule has 3 nitrogen and oxygen atoms in total. The van der Waals surface area contributed by atoms with Gasteiger partial charge in [0.25, 0.3) is 0 Å². The Hall–Kier alpha value is -0.800. The third kappa shape index (κ3) is 3.03. The molecule has 1 aromatic heterocycles. The molecule has 19 heavy (non-hydrogen) atoms. The van der Waals surface area contributed by atoms with Crippen LogP contribution in [-0.2, 0) is 6.42 Å². The quantitative estimate of drug-likeness (QED) is 0.908. The van der Waals surface area contributed by atoms with Gasteiger partial charge in [-0.2, -0.15) is 0 Å². The Labute approximate surface area is 117 Å². The fourth-order valence-electron chi connectivity index (χ4n) is 3.35. The summed E-state index contributed by atoms with van der Waals surface area (Å²) >= 11 is 0. The molecule has 0 bridgehead atoms. The molecule has 0 saturated carbocycles. The number of likely N-dealkylation sites (tertiary alicyclic amines) is 1. The molecule has 1 saturated heterocycles. The predicted molar refractivity (Wildman–Crippen MR) is 79.0 cm³/mol. The van der Waals surface area contributed by atoms with Crippen molar-refractivity contribution in [2.45, 2.75) is 52.6 Å². The number of furan rings is 1. The molecule has 1 aliphatic heterocycles. The third-order valence-electron chi connectivity index (χ3n) is 4.63. The number of hydrogen-bond acceptors (Lipinski definition) is 3. The van der Waals surface area contributed by atoms with Gasteiger partial charge in [0.05, 0.1) is 6.04 Å². The molecule has 4 unspecified atom stereocenters. The maximum atomic E-state index is 6.04. The highest BCUT2D eigenvalue weighted by Crippen LogP contribution is 2.34. The molecular weight excluding hydrogens is 236 g/mol. The number of hydrogen-bond donors (Lipinski definition) is 1. The maximum Gasteiger partial charge on any atom is 0.122 e. The Morgan fingerprint density at radius 1 is 1.37 bits per heavy atom. The Balaban J connectivity index is 2.20. The molecule has 0 radical (unpaired) electrons. The van der Waals surface area contributed by atoms with Crippen LogP contribution in [0.1, 0.15) is 51.7 Å². The summed E-state index contributed by atoms with van der Waals surface area (Å²) in [7, 11) is 0. The van der Waals surface area contributed by atoms with E-state index in [0.29, 0.717) is 12.6 Å². The van der Waals surface area contributed by atoms with E-state index in [0.717, 1.165) is 36.3 Å². The first kappa shape index (κ1) is 14.6. The maximum absolute atomic E-state index is 6.04. The average Bonchev–Trinajstić information content (AvgIpc) is 2.84. The minimum Gasteiger partial charge on any atom is -0.464 e. The van der Waals surface area contributed by atoms with E-state index in [9.17, 15) is 0 Å². The van der Waals surface area contributed by atoms with Gasteiger partial charge in [-0.15, -0.1) is 0 Å². The first-order valence-electron chi connectivity index (χ1n) is 7.61. The van der Waals surface area contributed by atoms with Gasteiger partial charge in [0.1, 0.15) is 11.5 Å². The van der Waals surface area contributed by atoms with Gasteiger partial charge in [-0.25, -0.2) is 0 Å². The lowest BCUT2D eigenvalue weighted by Gasteiger charge is -2.44. The highest BCUT2D eigenvalue weighted by molar-refractivity contribution is 5.12. The Morgan fingerprint density at radius 3 is 2.68 bits per heavy atom. The molecule has 3 heteroatoms. The highest BCUT2D eigenvalue weighted by atomic mass is 16.3. The van der Waals surface area contributed by atoms with Gasteiger partial charge in [0, 0.05) is 25.6 Å². The monoisotopic (exact) mass is 264 g/mol. The van der Waals surface area contributed by atoms with Crippen molar-refractivity contribution >= 4 is 0 Å². The van der Waals surface area contributed by atoms with Crippen molar-refractivity contribution in [3.63, 3.8) is 0 Å². The van der Waals surface area contributed by atoms with Crippen LogP contribution >= 0.6 is 0 Å². The number of rotatable bonds is 4. The smallest absolute Gasteiger partial charge is 0.122 e. The molecule has 2 rings (SSSR count). The van der Waals surface area contributed by atoms with Gasteiger partial charge in [-0.05, 0) is 37.3 Å². The van der Waals surface area contributed by atoms with Crippen molar-refractivity contribution in [1.82, 2.24) is 4.90 Å². The summed E-state index contributed by atoms with van der Waals surface area (Å²) in [4.78, 5) is 2.54. The molecule has 1 fully saturated rings. The van der Waals surface area contributed by atoms with Crippen LogP contribution in [0.25, 0.3) is 0 Å². The predicted octanol–water partition coefficient (Wildman–Crippen LogP) is 3.21. The van der Waals surface area contributed by atoms with E-state index in [1.54, 1.807) is 0 Å². The van der Waals surface area contributed by atoms with Crippen molar-refractivity contribution in [3.05, 3.63) is 23.7 Å². The Morgan fingerprint density at radius 2 is 2.11 bits per heavy atom. The lowest BCUT2D eigenvalue weighted by molar-refractivity contribution is 0.0342. The van der Waals surface area contributed by atoms with E-state index in [1.165, 1.54) is 6.42 Å². The zero-order valence-corrected chi connectivity index (χ0v) is 12.7. The van der Waals surface area contributed by atoms with E-state index in [-0.39, 0.29) is 6.04 Å². The van der Waals surface area contributed by atoms with Crippen LogP contribution in [0.2, 0.25) is 0 Å². The van der Waals surface area contributed by atoms with E-state index in [1.807, 2.05) is 0 Å². The zero-order chi connectivity index (χ0) is 14.0.